The van der Waals surface area contributed by atoms with Crippen molar-refractivity contribution in [1.82, 2.24) is 0 Å². The monoisotopic (exact) mass is 419 g/mol. The molecule has 0 aliphatic carbocycles. The maximum absolute atomic E-state index is 12.3. The van der Waals surface area contributed by atoms with Crippen LogP contribution in [0.25, 0.3) is 0 Å². The number of esters is 1. The highest BCUT2D eigenvalue weighted by Crippen LogP contribution is 2.26. The van der Waals surface area contributed by atoms with Crippen molar-refractivity contribution in [2.45, 2.75) is 64.4 Å². The van der Waals surface area contributed by atoms with Crippen molar-refractivity contribution in [2.24, 2.45) is 0 Å². The van der Waals surface area contributed by atoms with Crippen LogP contribution in [0.2, 0.25) is 0 Å². The van der Waals surface area contributed by atoms with Crippen molar-refractivity contribution in [3.63, 3.8) is 0 Å². The maximum Gasteiger partial charge on any atom is 0.365 e. The van der Waals surface area contributed by atoms with Crippen LogP contribution in [0.5, 0.6) is 11.5 Å². The van der Waals surface area contributed by atoms with E-state index in [4.69, 9.17) is 14.2 Å². The van der Waals surface area contributed by atoms with E-state index in [1.165, 1.54) is 5.56 Å². The third-order valence-corrected chi connectivity index (χ3v) is 5.11. The Labute approximate surface area is 178 Å². The Morgan fingerprint density at radius 3 is 1.97 bits per heavy atom. The number of carbonyl (C=O) groups excluding carboxylic acids is 1. The highest BCUT2D eigenvalue weighted by molar-refractivity contribution is 5.74. The van der Waals surface area contributed by atoms with Crippen molar-refractivity contribution in [3.8, 4) is 11.5 Å². The molecular weight excluding hydrogens is 390 g/mol. The Hall–Kier alpha value is -2.24. The number of quaternary nitrogens is 1. The minimum atomic E-state index is -0.452. The summed E-state index contributed by atoms with van der Waals surface area (Å²) in [6.45, 7) is 5.94. The third kappa shape index (κ3) is 6.38. The lowest BCUT2D eigenvalue weighted by Crippen LogP contribution is -3.00. The van der Waals surface area contributed by atoms with Gasteiger partial charge in [0.25, 0.3) is 0 Å². The number of halogens is 1. The van der Waals surface area contributed by atoms with Crippen LogP contribution in [-0.4, -0.2) is 30.3 Å². The average Bonchev–Trinajstić information content (AvgIpc) is 2.71. The highest BCUT2D eigenvalue weighted by Gasteiger charge is 2.36. The number of rotatable bonds is 4. The van der Waals surface area contributed by atoms with Gasteiger partial charge in [-0.25, -0.2) is 4.79 Å². The van der Waals surface area contributed by atoms with E-state index in [2.05, 4.69) is 5.73 Å². The summed E-state index contributed by atoms with van der Waals surface area (Å²) in [6, 6.07) is 15.5. The zero-order valence-electron chi connectivity index (χ0n) is 17.3. The van der Waals surface area contributed by atoms with Crippen molar-refractivity contribution in [1.29, 1.82) is 0 Å². The fourth-order valence-corrected chi connectivity index (χ4v) is 3.36. The van der Waals surface area contributed by atoms with Gasteiger partial charge in [-0.15, -0.1) is 0 Å². The second kappa shape index (κ2) is 10.5. The van der Waals surface area contributed by atoms with E-state index in [-0.39, 0.29) is 30.5 Å². The van der Waals surface area contributed by atoms with E-state index < -0.39 is 12.2 Å². The van der Waals surface area contributed by atoms with Gasteiger partial charge < -0.3 is 32.4 Å². The molecule has 4 atom stereocenters. The Kier molecular flexibility index (Phi) is 8.35. The zero-order chi connectivity index (χ0) is 20.1. The van der Waals surface area contributed by atoms with Crippen LogP contribution in [-0.2, 0) is 9.53 Å². The van der Waals surface area contributed by atoms with E-state index in [1.807, 2.05) is 69.3 Å². The first-order valence-corrected chi connectivity index (χ1v) is 9.92. The summed E-state index contributed by atoms with van der Waals surface area (Å²) in [5, 5.41) is 0. The van der Waals surface area contributed by atoms with Crippen LogP contribution in [0.3, 0.4) is 0 Å². The molecule has 1 fully saturated rings. The van der Waals surface area contributed by atoms with Crippen molar-refractivity contribution in [3.05, 3.63) is 59.7 Å². The van der Waals surface area contributed by atoms with Gasteiger partial charge in [-0.05, 0) is 57.9 Å². The first-order chi connectivity index (χ1) is 13.4. The van der Waals surface area contributed by atoms with Gasteiger partial charge in [0, 0.05) is 6.42 Å². The lowest BCUT2D eigenvalue weighted by Gasteiger charge is -2.31. The number of ether oxygens (including phenoxy) is 3. The molecule has 0 amide bonds. The summed E-state index contributed by atoms with van der Waals surface area (Å²) in [4.78, 5) is 12.3. The molecule has 3 rings (SSSR count). The third-order valence-electron chi connectivity index (χ3n) is 5.11. The molecule has 0 spiro atoms. The number of benzene rings is 2. The molecule has 0 bridgehead atoms. The van der Waals surface area contributed by atoms with E-state index in [9.17, 15) is 4.79 Å². The SMILES string of the molecule is Cc1ccc(O[C@H]2[C@H](C)OC(=O)[C@@H]([NH3+])CCC[C@@H]2Oc2ccc(C)cc2)cc1.[Cl-]. The Bertz CT molecular complexity index is 778. The first-order valence-electron chi connectivity index (χ1n) is 9.92. The molecular formula is C23H30ClNO4. The minimum Gasteiger partial charge on any atom is -1.00 e. The molecule has 2 aromatic carbocycles. The van der Waals surface area contributed by atoms with Crippen LogP contribution in [0.1, 0.15) is 37.3 Å². The first kappa shape index (κ1) is 23.0. The molecule has 158 valence electrons. The summed E-state index contributed by atoms with van der Waals surface area (Å²) in [5.41, 5.74) is 6.28. The van der Waals surface area contributed by atoms with Gasteiger partial charge in [-0.1, -0.05) is 35.4 Å². The molecule has 0 radical (unpaired) electrons. The minimum absolute atomic E-state index is 0. The largest absolute Gasteiger partial charge is 1.00 e. The fourth-order valence-electron chi connectivity index (χ4n) is 3.36. The molecule has 29 heavy (non-hydrogen) atoms. The topological polar surface area (TPSA) is 72.4 Å². The molecule has 3 N–H and O–H groups in total. The van der Waals surface area contributed by atoms with Gasteiger partial charge in [0.2, 0.25) is 0 Å². The molecule has 6 heteroatoms. The van der Waals surface area contributed by atoms with Crippen molar-refractivity contribution < 1.29 is 37.1 Å². The summed E-state index contributed by atoms with van der Waals surface area (Å²) < 4.78 is 18.3. The number of hydrogen-bond acceptors (Lipinski definition) is 4. The molecule has 2 aromatic rings. The predicted molar refractivity (Wildman–Crippen MR) is 107 cm³/mol. The second-order valence-corrected chi connectivity index (χ2v) is 7.63. The second-order valence-electron chi connectivity index (χ2n) is 7.63. The van der Waals surface area contributed by atoms with Crippen LogP contribution < -0.4 is 27.6 Å². The number of carbonyl (C=O) groups is 1. The molecule has 0 aromatic heterocycles. The summed E-state index contributed by atoms with van der Waals surface area (Å²) in [5.74, 6) is 1.25. The van der Waals surface area contributed by atoms with Gasteiger partial charge in [0.05, 0.1) is 0 Å². The number of hydrogen-bond donors (Lipinski definition) is 1. The van der Waals surface area contributed by atoms with Gasteiger partial charge >= 0.3 is 5.97 Å². The molecule has 1 heterocycles. The van der Waals surface area contributed by atoms with Crippen LogP contribution >= 0.6 is 0 Å². The lowest BCUT2D eigenvalue weighted by atomic mass is 10.0. The van der Waals surface area contributed by atoms with Crippen LogP contribution in [0.4, 0.5) is 0 Å². The molecule has 5 nitrogen and oxygen atoms in total. The molecule has 0 saturated carbocycles. The highest BCUT2D eigenvalue weighted by atomic mass is 35.5. The predicted octanol–water partition coefficient (Wildman–Crippen LogP) is 0.229. The Morgan fingerprint density at radius 2 is 1.41 bits per heavy atom. The molecule has 1 aliphatic rings. The van der Waals surface area contributed by atoms with E-state index >= 15 is 0 Å². The lowest BCUT2D eigenvalue weighted by molar-refractivity contribution is -0.410. The fraction of sp³-hybridized carbons (Fsp3) is 0.435. The van der Waals surface area contributed by atoms with Gasteiger partial charge in [0.1, 0.15) is 23.7 Å². The zero-order valence-corrected chi connectivity index (χ0v) is 18.0. The van der Waals surface area contributed by atoms with E-state index in [0.717, 1.165) is 29.9 Å². The van der Waals surface area contributed by atoms with Crippen molar-refractivity contribution >= 4 is 5.97 Å². The van der Waals surface area contributed by atoms with E-state index in [0.29, 0.717) is 6.42 Å². The van der Waals surface area contributed by atoms with Crippen LogP contribution in [0.15, 0.2) is 48.5 Å². The molecule has 1 aliphatic heterocycles. The number of aryl methyl sites for hydroxylation is 2. The normalized spacial score (nSPS) is 24.9. The Balaban J connectivity index is 0.00000300. The van der Waals surface area contributed by atoms with Crippen LogP contribution in [0, 0.1) is 13.8 Å². The van der Waals surface area contributed by atoms with Gasteiger partial charge in [0.15, 0.2) is 12.1 Å². The number of cyclic esters (lactones) is 1. The van der Waals surface area contributed by atoms with Gasteiger partial charge in [-0.3, -0.25) is 0 Å². The van der Waals surface area contributed by atoms with Gasteiger partial charge in [-0.2, -0.15) is 0 Å². The quantitative estimate of drug-likeness (QED) is 0.720. The standard InChI is InChI=1S/C23H29NO4.ClH/c1-15-7-11-18(12-8-15)27-21-6-4-5-20(24)23(25)26-17(3)22(21)28-19-13-9-16(2)10-14-19;/h7-14,17,20-22H,4-6,24H2,1-3H3;1H/t17-,20-,21-,22-;/m0./s1. The summed E-state index contributed by atoms with van der Waals surface area (Å²) in [6.07, 6.45) is 1.15. The smallest absolute Gasteiger partial charge is 0.365 e. The summed E-state index contributed by atoms with van der Waals surface area (Å²) in [7, 11) is 0. The molecule has 0 unspecified atom stereocenters. The average molecular weight is 420 g/mol. The summed E-state index contributed by atoms with van der Waals surface area (Å²) >= 11 is 0. The van der Waals surface area contributed by atoms with E-state index in [1.54, 1.807) is 0 Å². The van der Waals surface area contributed by atoms with Crippen molar-refractivity contribution in [2.75, 3.05) is 0 Å². The maximum atomic E-state index is 12.3. The molecule has 1 saturated heterocycles. The Morgan fingerprint density at radius 1 is 0.897 bits per heavy atom.